The molecule has 1 aromatic heterocycles. The molecule has 0 radical (unpaired) electrons. The quantitative estimate of drug-likeness (QED) is 0.419. The number of nitro groups is 1. The molecule has 164 valence electrons. The zero-order valence-corrected chi connectivity index (χ0v) is 18.2. The molecule has 0 bridgehead atoms. The van der Waals surface area contributed by atoms with Crippen molar-refractivity contribution in [3.05, 3.63) is 58.4 Å². The Bertz CT molecular complexity index is 1180. The van der Waals surface area contributed by atoms with Crippen LogP contribution in [0.3, 0.4) is 0 Å². The van der Waals surface area contributed by atoms with Crippen molar-refractivity contribution in [2.24, 2.45) is 5.92 Å². The lowest BCUT2D eigenvalue weighted by Gasteiger charge is -2.22. The number of nitrogens with zero attached hydrogens (tertiary/aromatic N) is 3. The zero-order valence-electron chi connectivity index (χ0n) is 17.4. The van der Waals surface area contributed by atoms with E-state index in [2.05, 4.69) is 15.3 Å². The fourth-order valence-electron chi connectivity index (χ4n) is 3.86. The minimum Gasteiger partial charge on any atom is -0.369 e. The van der Waals surface area contributed by atoms with Crippen molar-refractivity contribution in [2.45, 2.75) is 37.6 Å². The number of hydrogen-bond donors (Lipinski definition) is 2. The number of benzene rings is 2. The van der Waals surface area contributed by atoms with E-state index in [9.17, 15) is 18.5 Å². The van der Waals surface area contributed by atoms with Gasteiger partial charge in [0.25, 0.3) is 5.69 Å². The molecule has 1 aliphatic rings. The van der Waals surface area contributed by atoms with Gasteiger partial charge in [0.1, 0.15) is 11.5 Å². The Hall–Kier alpha value is -2.98. The molecule has 31 heavy (non-hydrogen) atoms. The minimum absolute atomic E-state index is 0.0588. The lowest BCUT2D eigenvalue weighted by molar-refractivity contribution is -0.384. The lowest BCUT2D eigenvalue weighted by atomic mass is 10.0. The number of para-hydroxylation sites is 2. The zero-order chi connectivity index (χ0) is 22.2. The summed E-state index contributed by atoms with van der Waals surface area (Å²) in [4.78, 5) is 19.1. The van der Waals surface area contributed by atoms with Gasteiger partial charge >= 0.3 is 0 Å². The second-order valence-corrected chi connectivity index (χ2v) is 9.99. The smallest absolute Gasteiger partial charge is 0.293 e. The highest BCUT2D eigenvalue weighted by Gasteiger charge is 2.30. The highest BCUT2D eigenvalue weighted by molar-refractivity contribution is 7.89. The summed E-state index contributed by atoms with van der Waals surface area (Å²) in [5.41, 5.74) is 1.67. The molecule has 2 N–H and O–H groups in total. The largest absolute Gasteiger partial charge is 0.369 e. The fraction of sp³-hybridized carbons (Fsp3) is 0.381. The first-order valence-corrected chi connectivity index (χ1v) is 11.7. The van der Waals surface area contributed by atoms with E-state index in [0.717, 1.165) is 29.9 Å². The normalized spacial score (nSPS) is 16.1. The Morgan fingerprint density at radius 1 is 1.16 bits per heavy atom. The second-order valence-electron chi connectivity index (χ2n) is 8.05. The molecule has 2 aromatic carbocycles. The van der Waals surface area contributed by atoms with Crippen molar-refractivity contribution in [1.29, 1.82) is 0 Å². The van der Waals surface area contributed by atoms with E-state index in [1.807, 2.05) is 38.1 Å². The number of hydrogen-bond acceptors (Lipinski definition) is 6. The summed E-state index contributed by atoms with van der Waals surface area (Å²) in [7, 11) is -3.74. The van der Waals surface area contributed by atoms with E-state index < -0.39 is 14.9 Å². The molecule has 0 unspecified atom stereocenters. The van der Waals surface area contributed by atoms with Gasteiger partial charge in [-0.2, -0.15) is 4.31 Å². The average Bonchev–Trinajstić information content (AvgIpc) is 3.41. The first kappa shape index (κ1) is 21.3. The Morgan fingerprint density at radius 2 is 1.87 bits per heavy atom. The van der Waals surface area contributed by atoms with Crippen molar-refractivity contribution >= 4 is 32.4 Å². The first-order valence-electron chi connectivity index (χ1n) is 10.3. The van der Waals surface area contributed by atoms with Crippen molar-refractivity contribution in [3.8, 4) is 0 Å². The highest BCUT2D eigenvalue weighted by atomic mass is 32.2. The fourth-order valence-corrected chi connectivity index (χ4v) is 5.40. The number of rotatable bonds is 7. The van der Waals surface area contributed by atoms with E-state index in [-0.39, 0.29) is 28.2 Å². The maximum atomic E-state index is 12.8. The Morgan fingerprint density at radius 3 is 2.52 bits per heavy atom. The highest BCUT2D eigenvalue weighted by Crippen LogP contribution is 2.34. The van der Waals surface area contributed by atoms with Gasteiger partial charge in [0.2, 0.25) is 10.0 Å². The average molecular weight is 444 g/mol. The molecule has 1 atom stereocenters. The van der Waals surface area contributed by atoms with Crippen molar-refractivity contribution in [2.75, 3.05) is 18.4 Å². The predicted octanol–water partition coefficient (Wildman–Crippen LogP) is 4.06. The monoisotopic (exact) mass is 443 g/mol. The van der Waals surface area contributed by atoms with Crippen LogP contribution in [0.15, 0.2) is 47.4 Å². The van der Waals surface area contributed by atoms with E-state index in [1.165, 1.54) is 16.4 Å². The van der Waals surface area contributed by atoms with Gasteiger partial charge in [0.15, 0.2) is 0 Å². The van der Waals surface area contributed by atoms with Gasteiger partial charge in [-0.05, 0) is 43.0 Å². The van der Waals surface area contributed by atoms with Crippen molar-refractivity contribution in [3.63, 3.8) is 0 Å². The summed E-state index contributed by atoms with van der Waals surface area (Å²) in [5, 5.41) is 15.0. The van der Waals surface area contributed by atoms with Gasteiger partial charge in [-0.3, -0.25) is 10.1 Å². The number of nitro benzene ring substituents is 1. The minimum atomic E-state index is -3.74. The summed E-state index contributed by atoms with van der Waals surface area (Å²) in [6.45, 7) is 4.86. The lowest BCUT2D eigenvalue weighted by Crippen LogP contribution is -2.28. The first-order chi connectivity index (χ1) is 14.8. The molecule has 0 amide bonds. The number of imidazole rings is 1. The van der Waals surface area contributed by atoms with Gasteiger partial charge < -0.3 is 10.3 Å². The Kier molecular flexibility index (Phi) is 5.67. The van der Waals surface area contributed by atoms with Crippen LogP contribution in [0.5, 0.6) is 0 Å². The van der Waals surface area contributed by atoms with Gasteiger partial charge in [-0.15, -0.1) is 0 Å². The summed E-state index contributed by atoms with van der Waals surface area (Å²) >= 11 is 0. The molecular formula is C21H25N5O4S. The molecule has 0 aliphatic carbocycles. The summed E-state index contributed by atoms with van der Waals surface area (Å²) < 4.78 is 27.1. The molecule has 1 fully saturated rings. The molecule has 1 aliphatic heterocycles. The molecule has 4 rings (SSSR count). The number of aromatic nitrogens is 2. The molecule has 0 saturated carbocycles. The van der Waals surface area contributed by atoms with Crippen LogP contribution in [0, 0.1) is 16.0 Å². The Labute approximate surface area is 180 Å². The molecule has 2 heterocycles. The molecule has 1 saturated heterocycles. The topological polar surface area (TPSA) is 121 Å². The third kappa shape index (κ3) is 4.13. The predicted molar refractivity (Wildman–Crippen MR) is 118 cm³/mol. The molecule has 0 spiro atoms. The van der Waals surface area contributed by atoms with Crippen LogP contribution in [-0.2, 0) is 10.0 Å². The molecule has 9 nitrogen and oxygen atoms in total. The standard InChI is InChI=1S/C21H25N5O4S/c1-14(2)20(21-23-16-7-3-4-8-17(16)24-21)22-18-10-9-15(13-19(18)26(27)28)31(29,30)25-11-5-6-12-25/h3-4,7-10,13-14,20,22H,5-6,11-12H2,1-2H3,(H,23,24)/t20-/m0/s1. The molecule has 3 aromatic rings. The maximum Gasteiger partial charge on any atom is 0.293 e. The van der Waals surface area contributed by atoms with Crippen LogP contribution in [0.1, 0.15) is 38.6 Å². The maximum absolute atomic E-state index is 12.8. The van der Waals surface area contributed by atoms with Crippen LogP contribution in [-0.4, -0.2) is 40.7 Å². The van der Waals surface area contributed by atoms with Gasteiger partial charge in [0, 0.05) is 19.2 Å². The van der Waals surface area contributed by atoms with E-state index in [0.29, 0.717) is 18.9 Å². The van der Waals surface area contributed by atoms with Gasteiger partial charge in [0.05, 0.1) is 26.9 Å². The summed E-state index contributed by atoms with van der Waals surface area (Å²) in [6.07, 6.45) is 1.60. The van der Waals surface area contributed by atoms with E-state index in [4.69, 9.17) is 0 Å². The molecule has 10 heteroatoms. The number of aromatic amines is 1. The summed E-state index contributed by atoms with van der Waals surface area (Å²) in [5.74, 6) is 0.729. The van der Waals surface area contributed by atoms with Gasteiger partial charge in [-0.1, -0.05) is 26.0 Å². The van der Waals surface area contributed by atoms with Crippen LogP contribution >= 0.6 is 0 Å². The number of fused-ring (bicyclic) bond motifs is 1. The number of H-pyrrole nitrogens is 1. The van der Waals surface area contributed by atoms with E-state index >= 15 is 0 Å². The van der Waals surface area contributed by atoms with Crippen LogP contribution in [0.4, 0.5) is 11.4 Å². The van der Waals surface area contributed by atoms with Gasteiger partial charge in [-0.25, -0.2) is 13.4 Å². The molecular weight excluding hydrogens is 418 g/mol. The Balaban J connectivity index is 1.69. The van der Waals surface area contributed by atoms with E-state index in [1.54, 1.807) is 0 Å². The van der Waals surface area contributed by atoms with Crippen LogP contribution in [0.25, 0.3) is 11.0 Å². The number of sulfonamides is 1. The SMILES string of the molecule is CC(C)[C@H](Nc1ccc(S(=O)(=O)N2CCCC2)cc1[N+](=O)[O-])c1nc2ccccc2[nH]1. The number of nitrogens with one attached hydrogen (secondary N) is 2. The van der Waals surface area contributed by atoms with Crippen molar-refractivity contribution in [1.82, 2.24) is 14.3 Å². The second kappa shape index (κ2) is 8.27. The van der Waals surface area contributed by atoms with Crippen molar-refractivity contribution < 1.29 is 13.3 Å². The third-order valence-corrected chi connectivity index (χ3v) is 7.44. The number of anilines is 1. The van der Waals surface area contributed by atoms with Crippen LogP contribution in [0.2, 0.25) is 0 Å². The van der Waals surface area contributed by atoms with Crippen LogP contribution < -0.4 is 5.32 Å². The summed E-state index contributed by atoms with van der Waals surface area (Å²) in [6, 6.07) is 11.3. The third-order valence-electron chi connectivity index (χ3n) is 5.55.